The molecule has 2 aliphatic rings. The van der Waals surface area contributed by atoms with Crippen LogP contribution in [0.1, 0.15) is 75.7 Å². The summed E-state index contributed by atoms with van der Waals surface area (Å²) in [7, 11) is 0. The highest BCUT2D eigenvalue weighted by molar-refractivity contribution is 6.00. The van der Waals surface area contributed by atoms with Crippen LogP contribution in [-0.4, -0.2) is 28.6 Å². The van der Waals surface area contributed by atoms with E-state index in [9.17, 15) is 4.79 Å². The number of carbonyl (C=O) groups is 1. The summed E-state index contributed by atoms with van der Waals surface area (Å²) in [5.41, 5.74) is 9.41. The van der Waals surface area contributed by atoms with Crippen molar-refractivity contribution in [1.29, 1.82) is 0 Å². The van der Waals surface area contributed by atoms with Crippen LogP contribution in [0.5, 0.6) is 0 Å². The van der Waals surface area contributed by atoms with Crippen molar-refractivity contribution in [2.24, 2.45) is 0 Å². The number of hydrogen-bond acceptors (Lipinski definition) is 4. The third-order valence-electron chi connectivity index (χ3n) is 5.57. The van der Waals surface area contributed by atoms with Gasteiger partial charge in [-0.3, -0.25) is 4.79 Å². The molecule has 2 atom stereocenters. The van der Waals surface area contributed by atoms with Crippen LogP contribution in [0, 0.1) is 0 Å². The van der Waals surface area contributed by atoms with Crippen molar-refractivity contribution in [1.82, 2.24) is 10.3 Å². The van der Waals surface area contributed by atoms with Gasteiger partial charge < -0.3 is 15.8 Å². The van der Waals surface area contributed by atoms with Crippen LogP contribution in [0.3, 0.4) is 0 Å². The Bertz CT molecular complexity index is 852. The number of amides is 1. The van der Waals surface area contributed by atoms with E-state index < -0.39 is 0 Å². The molecule has 0 bridgehead atoms. The Morgan fingerprint density at radius 2 is 2.10 bits per heavy atom. The summed E-state index contributed by atoms with van der Waals surface area (Å²) >= 11 is 0. The van der Waals surface area contributed by atoms with Crippen LogP contribution < -0.4 is 11.1 Å². The lowest BCUT2D eigenvalue weighted by molar-refractivity contribution is -0.0479. The van der Waals surface area contributed by atoms with Gasteiger partial charge in [0.05, 0.1) is 23.3 Å². The van der Waals surface area contributed by atoms with Crippen molar-refractivity contribution in [3.05, 3.63) is 53.3 Å². The summed E-state index contributed by atoms with van der Waals surface area (Å²) in [6.45, 7) is 8.35. The second-order valence-corrected chi connectivity index (χ2v) is 8.41. The Morgan fingerprint density at radius 1 is 1.34 bits per heavy atom. The van der Waals surface area contributed by atoms with Gasteiger partial charge in [0.15, 0.2) is 0 Å². The second-order valence-electron chi connectivity index (χ2n) is 8.41. The van der Waals surface area contributed by atoms with Gasteiger partial charge in [-0.1, -0.05) is 38.2 Å². The monoisotopic (exact) mass is 395 g/mol. The minimum absolute atomic E-state index is 0.00258. The van der Waals surface area contributed by atoms with E-state index in [1.807, 2.05) is 6.07 Å². The van der Waals surface area contributed by atoms with E-state index in [0.717, 1.165) is 43.2 Å². The van der Waals surface area contributed by atoms with Crippen LogP contribution >= 0.6 is 0 Å². The largest absolute Gasteiger partial charge is 0.383 e. The number of aromatic nitrogens is 1. The summed E-state index contributed by atoms with van der Waals surface area (Å²) < 4.78 is 6.33. The molecule has 3 rings (SSSR count). The number of nitrogens with two attached hydrogens (primary N) is 1. The van der Waals surface area contributed by atoms with Gasteiger partial charge in [0.1, 0.15) is 5.82 Å². The Labute approximate surface area is 174 Å². The van der Waals surface area contributed by atoms with Crippen LogP contribution in [-0.2, 0) is 4.74 Å². The zero-order chi connectivity index (χ0) is 21.0. The fourth-order valence-electron chi connectivity index (χ4n) is 3.88. The highest BCUT2D eigenvalue weighted by atomic mass is 16.5. The smallest absolute Gasteiger partial charge is 0.255 e. The second kappa shape index (κ2) is 8.95. The third-order valence-corrected chi connectivity index (χ3v) is 5.57. The Hall–Kier alpha value is -2.40. The predicted molar refractivity (Wildman–Crippen MR) is 118 cm³/mol. The Balaban J connectivity index is 1.69. The molecule has 0 spiro atoms. The average Bonchev–Trinajstić information content (AvgIpc) is 3.06. The maximum Gasteiger partial charge on any atom is 0.255 e. The molecule has 0 saturated heterocycles. The van der Waals surface area contributed by atoms with Gasteiger partial charge >= 0.3 is 0 Å². The molecule has 1 saturated carbocycles. The first kappa shape index (κ1) is 21.3. The quantitative estimate of drug-likeness (QED) is 0.619. The fourth-order valence-corrected chi connectivity index (χ4v) is 3.88. The SMILES string of the molecule is CC/C=C\C(C)(C)OC1CCC[C@@H]1NC(=O)c1cc(C2=CC(CC)=C2)cnc1N. The molecule has 3 N–H and O–H groups in total. The molecule has 0 radical (unpaired) electrons. The predicted octanol–water partition coefficient (Wildman–Crippen LogP) is 4.81. The number of rotatable bonds is 8. The van der Waals surface area contributed by atoms with Crippen LogP contribution in [0.25, 0.3) is 5.57 Å². The summed E-state index contributed by atoms with van der Waals surface area (Å²) in [6.07, 6.45) is 15.1. The number of nitrogen functional groups attached to an aromatic ring is 1. The van der Waals surface area contributed by atoms with E-state index in [-0.39, 0.29) is 29.5 Å². The molecule has 5 heteroatoms. The Morgan fingerprint density at radius 3 is 2.79 bits per heavy atom. The molecular weight excluding hydrogens is 362 g/mol. The molecular formula is C24H33N3O2. The van der Waals surface area contributed by atoms with E-state index >= 15 is 0 Å². The van der Waals surface area contributed by atoms with Crippen molar-refractivity contribution in [2.45, 2.75) is 77.5 Å². The molecule has 1 aromatic heterocycles. The molecule has 0 aliphatic heterocycles. The van der Waals surface area contributed by atoms with E-state index in [1.54, 1.807) is 6.20 Å². The number of nitrogens with zero attached hydrogens (tertiary/aromatic N) is 1. The van der Waals surface area contributed by atoms with Gasteiger partial charge in [-0.25, -0.2) is 4.98 Å². The first-order valence-corrected chi connectivity index (χ1v) is 10.7. The van der Waals surface area contributed by atoms with Gasteiger partial charge in [0.25, 0.3) is 5.91 Å². The highest BCUT2D eigenvalue weighted by Gasteiger charge is 2.33. The van der Waals surface area contributed by atoms with E-state index in [1.165, 1.54) is 5.57 Å². The molecule has 1 fully saturated rings. The molecule has 1 unspecified atom stereocenters. The van der Waals surface area contributed by atoms with Crippen molar-refractivity contribution >= 4 is 17.3 Å². The lowest BCUT2D eigenvalue weighted by atomic mass is 9.92. The third kappa shape index (κ3) is 5.15. The number of carbonyl (C=O) groups excluding carboxylic acids is 1. The molecule has 1 heterocycles. The number of nitrogens with one attached hydrogen (secondary N) is 1. The lowest BCUT2D eigenvalue weighted by Gasteiger charge is -2.30. The maximum absolute atomic E-state index is 13.0. The van der Waals surface area contributed by atoms with Gasteiger partial charge in [0, 0.05) is 11.8 Å². The number of anilines is 1. The topological polar surface area (TPSA) is 77.2 Å². The average molecular weight is 396 g/mol. The summed E-state index contributed by atoms with van der Waals surface area (Å²) in [5, 5.41) is 3.14. The van der Waals surface area contributed by atoms with Gasteiger partial charge in [0.2, 0.25) is 0 Å². The van der Waals surface area contributed by atoms with Crippen molar-refractivity contribution in [3.8, 4) is 0 Å². The molecule has 0 aromatic carbocycles. The minimum Gasteiger partial charge on any atom is -0.383 e. The number of allylic oxidation sites excluding steroid dienone is 5. The molecule has 1 aromatic rings. The molecule has 2 aliphatic carbocycles. The molecule has 5 nitrogen and oxygen atoms in total. The first-order chi connectivity index (χ1) is 13.8. The van der Waals surface area contributed by atoms with Crippen LogP contribution in [0.15, 0.2) is 42.1 Å². The van der Waals surface area contributed by atoms with Gasteiger partial charge in [-0.05, 0) is 63.2 Å². The van der Waals surface area contributed by atoms with E-state index in [2.05, 4.69) is 62.3 Å². The molecule has 29 heavy (non-hydrogen) atoms. The van der Waals surface area contributed by atoms with Crippen LogP contribution in [0.2, 0.25) is 0 Å². The summed E-state index contributed by atoms with van der Waals surface area (Å²) in [5.74, 6) is 0.0754. The zero-order valence-electron chi connectivity index (χ0n) is 18.0. The lowest BCUT2D eigenvalue weighted by Crippen LogP contribution is -2.44. The normalized spacial score (nSPS) is 21.7. The van der Waals surface area contributed by atoms with E-state index in [4.69, 9.17) is 10.5 Å². The summed E-state index contributed by atoms with van der Waals surface area (Å²) in [4.78, 5) is 17.2. The number of ether oxygens (including phenoxy) is 1. The zero-order valence-corrected chi connectivity index (χ0v) is 18.0. The number of hydrogen-bond donors (Lipinski definition) is 2. The van der Waals surface area contributed by atoms with Gasteiger partial charge in [-0.2, -0.15) is 0 Å². The number of pyridine rings is 1. The van der Waals surface area contributed by atoms with Crippen LogP contribution in [0.4, 0.5) is 5.82 Å². The molecule has 156 valence electrons. The Kier molecular flexibility index (Phi) is 6.58. The van der Waals surface area contributed by atoms with Crippen molar-refractivity contribution < 1.29 is 9.53 Å². The molecule has 1 amide bonds. The fraction of sp³-hybridized carbons (Fsp3) is 0.500. The highest BCUT2D eigenvalue weighted by Crippen LogP contribution is 2.31. The van der Waals surface area contributed by atoms with Crippen molar-refractivity contribution in [2.75, 3.05) is 5.73 Å². The standard InChI is InChI=1S/C24H33N3O2/c1-5-7-11-24(3,4)29-21-10-8-9-20(21)27-23(28)19-14-18(15-26-22(19)25)17-12-16(6-2)13-17/h7,11-15,20-21H,5-6,8-10H2,1-4H3,(H2,25,26)(H,27,28)/b11-7-/t20-,21?/m0/s1. The summed E-state index contributed by atoms with van der Waals surface area (Å²) in [6, 6.07) is 1.82. The van der Waals surface area contributed by atoms with E-state index in [0.29, 0.717) is 5.56 Å². The first-order valence-electron chi connectivity index (χ1n) is 10.7. The van der Waals surface area contributed by atoms with Crippen molar-refractivity contribution in [3.63, 3.8) is 0 Å². The maximum atomic E-state index is 13.0. The minimum atomic E-state index is -0.353. The van der Waals surface area contributed by atoms with Gasteiger partial charge in [-0.15, -0.1) is 0 Å².